The van der Waals surface area contributed by atoms with Gasteiger partial charge in [-0.15, -0.1) is 0 Å². The quantitative estimate of drug-likeness (QED) is 0.489. The van der Waals surface area contributed by atoms with Crippen molar-refractivity contribution in [3.63, 3.8) is 0 Å². The van der Waals surface area contributed by atoms with Gasteiger partial charge in [-0.25, -0.2) is 0 Å². The third kappa shape index (κ3) is 3.65. The van der Waals surface area contributed by atoms with Crippen LogP contribution in [0.15, 0.2) is 72.9 Å². The highest BCUT2D eigenvalue weighted by atomic mass is 16.5. The zero-order valence-corrected chi connectivity index (χ0v) is 15.6. The number of methoxy groups -OCH3 is 2. The van der Waals surface area contributed by atoms with Crippen LogP contribution < -0.4 is 9.47 Å². The molecule has 0 saturated carbocycles. The van der Waals surface area contributed by atoms with Gasteiger partial charge in [0.25, 0.3) is 0 Å². The zero-order valence-electron chi connectivity index (χ0n) is 15.6. The molecule has 1 heterocycles. The van der Waals surface area contributed by atoms with Crippen molar-refractivity contribution in [2.24, 2.45) is 0 Å². The molecule has 4 heteroatoms. The molecule has 0 N–H and O–H groups in total. The number of rotatable bonds is 6. The lowest BCUT2D eigenvalue weighted by Gasteiger charge is -2.08. The van der Waals surface area contributed by atoms with Crippen LogP contribution in [-0.2, 0) is 13.0 Å². The van der Waals surface area contributed by atoms with Crippen molar-refractivity contribution in [3.8, 4) is 22.8 Å². The van der Waals surface area contributed by atoms with Gasteiger partial charge in [-0.1, -0.05) is 42.5 Å². The number of ether oxygens (including phenoxy) is 2. The molecule has 0 radical (unpaired) electrons. The first-order valence-electron chi connectivity index (χ1n) is 9.00. The van der Waals surface area contributed by atoms with Crippen LogP contribution >= 0.6 is 0 Å². The Kier molecular flexibility index (Phi) is 4.79. The summed E-state index contributed by atoms with van der Waals surface area (Å²) in [6.07, 6.45) is 2.95. The van der Waals surface area contributed by atoms with Gasteiger partial charge in [0, 0.05) is 24.4 Å². The van der Waals surface area contributed by atoms with E-state index < -0.39 is 0 Å². The standard InChI is InChI=1S/C23H22N2O2/c1-26-20-14-19(15-21(16-20)27-2)23-11-13-25(24-23)12-10-18-8-5-7-17-6-3-4-9-22(17)18/h3-9,11,13-16H,10,12H2,1-2H3. The van der Waals surface area contributed by atoms with Gasteiger partial charge in [0.2, 0.25) is 0 Å². The van der Waals surface area contributed by atoms with Crippen LogP contribution in [0.4, 0.5) is 0 Å². The second kappa shape index (κ2) is 7.54. The van der Waals surface area contributed by atoms with Crippen LogP contribution in [0.25, 0.3) is 22.0 Å². The van der Waals surface area contributed by atoms with Crippen LogP contribution in [0.3, 0.4) is 0 Å². The highest BCUT2D eigenvalue weighted by Gasteiger charge is 2.08. The summed E-state index contributed by atoms with van der Waals surface area (Å²) in [4.78, 5) is 0. The maximum Gasteiger partial charge on any atom is 0.123 e. The third-order valence-electron chi connectivity index (χ3n) is 4.78. The summed E-state index contributed by atoms with van der Waals surface area (Å²) in [5, 5.41) is 7.32. The average molecular weight is 358 g/mol. The number of aromatic nitrogens is 2. The molecule has 0 fully saturated rings. The van der Waals surface area contributed by atoms with Gasteiger partial charge in [0.15, 0.2) is 0 Å². The average Bonchev–Trinajstić information content (AvgIpc) is 3.21. The van der Waals surface area contributed by atoms with Crippen molar-refractivity contribution in [2.45, 2.75) is 13.0 Å². The second-order valence-electron chi connectivity index (χ2n) is 6.45. The fourth-order valence-electron chi connectivity index (χ4n) is 3.34. The summed E-state index contributed by atoms with van der Waals surface area (Å²) in [6.45, 7) is 0.828. The van der Waals surface area contributed by atoms with E-state index in [-0.39, 0.29) is 0 Å². The van der Waals surface area contributed by atoms with E-state index in [1.807, 2.05) is 35.1 Å². The van der Waals surface area contributed by atoms with E-state index in [0.29, 0.717) is 0 Å². The third-order valence-corrected chi connectivity index (χ3v) is 4.78. The normalized spacial score (nSPS) is 10.9. The molecule has 0 aliphatic heterocycles. The molecule has 3 aromatic carbocycles. The summed E-state index contributed by atoms with van der Waals surface area (Å²) in [7, 11) is 3.31. The smallest absolute Gasteiger partial charge is 0.123 e. The lowest BCUT2D eigenvalue weighted by atomic mass is 10.0. The molecule has 4 rings (SSSR count). The van der Waals surface area contributed by atoms with Gasteiger partial charge in [0.05, 0.1) is 19.9 Å². The Bertz CT molecular complexity index is 1040. The topological polar surface area (TPSA) is 36.3 Å². The molecule has 4 nitrogen and oxygen atoms in total. The van der Waals surface area contributed by atoms with Crippen LogP contribution in [0.2, 0.25) is 0 Å². The van der Waals surface area contributed by atoms with Gasteiger partial charge in [0.1, 0.15) is 11.5 Å². The molecule has 27 heavy (non-hydrogen) atoms. The van der Waals surface area contributed by atoms with Crippen LogP contribution in [0, 0.1) is 0 Å². The fourth-order valence-corrected chi connectivity index (χ4v) is 3.34. The van der Waals surface area contributed by atoms with E-state index in [1.54, 1.807) is 14.2 Å². The molecular formula is C23H22N2O2. The Balaban J connectivity index is 1.55. The highest BCUT2D eigenvalue weighted by Crippen LogP contribution is 2.28. The molecule has 0 amide bonds. The van der Waals surface area contributed by atoms with Crippen LogP contribution in [0.5, 0.6) is 11.5 Å². The first-order chi connectivity index (χ1) is 13.3. The fraction of sp³-hybridized carbons (Fsp3) is 0.174. The minimum Gasteiger partial charge on any atom is -0.497 e. The Hall–Kier alpha value is -3.27. The first kappa shape index (κ1) is 17.2. The van der Waals surface area contributed by atoms with E-state index in [9.17, 15) is 0 Å². The molecule has 136 valence electrons. The lowest BCUT2D eigenvalue weighted by molar-refractivity contribution is 0.394. The van der Waals surface area contributed by atoms with Crippen molar-refractivity contribution < 1.29 is 9.47 Å². The predicted octanol–water partition coefficient (Wildman–Crippen LogP) is 4.96. The highest BCUT2D eigenvalue weighted by molar-refractivity contribution is 5.85. The van der Waals surface area contributed by atoms with Crippen molar-refractivity contribution in [2.75, 3.05) is 14.2 Å². The van der Waals surface area contributed by atoms with Crippen molar-refractivity contribution in [1.82, 2.24) is 9.78 Å². The van der Waals surface area contributed by atoms with Gasteiger partial charge in [-0.05, 0) is 41.0 Å². The zero-order chi connectivity index (χ0) is 18.6. The summed E-state index contributed by atoms with van der Waals surface area (Å²) in [6, 6.07) is 22.8. The Morgan fingerprint density at radius 2 is 1.59 bits per heavy atom. The molecule has 0 unspecified atom stereocenters. The van der Waals surface area contributed by atoms with E-state index in [2.05, 4.69) is 42.5 Å². The summed E-state index contributed by atoms with van der Waals surface area (Å²) < 4.78 is 12.7. The lowest BCUT2D eigenvalue weighted by Crippen LogP contribution is -2.02. The number of hydrogen-bond acceptors (Lipinski definition) is 3. The van der Waals surface area contributed by atoms with E-state index in [0.717, 1.165) is 35.7 Å². The molecular weight excluding hydrogens is 336 g/mol. The minimum atomic E-state index is 0.759. The molecule has 0 bridgehead atoms. The van der Waals surface area contributed by atoms with Gasteiger partial charge >= 0.3 is 0 Å². The Morgan fingerprint density at radius 1 is 0.852 bits per heavy atom. The summed E-state index contributed by atoms with van der Waals surface area (Å²) >= 11 is 0. The number of nitrogens with zero attached hydrogens (tertiary/aromatic N) is 2. The minimum absolute atomic E-state index is 0.759. The van der Waals surface area contributed by atoms with Gasteiger partial charge < -0.3 is 9.47 Å². The molecule has 4 aromatic rings. The number of hydrogen-bond donors (Lipinski definition) is 0. The molecule has 0 aliphatic carbocycles. The number of benzene rings is 3. The monoisotopic (exact) mass is 358 g/mol. The van der Waals surface area contributed by atoms with E-state index in [4.69, 9.17) is 14.6 Å². The van der Waals surface area contributed by atoms with Gasteiger partial charge in [-0.3, -0.25) is 4.68 Å². The molecule has 0 aliphatic rings. The molecule has 0 atom stereocenters. The largest absolute Gasteiger partial charge is 0.497 e. The number of aryl methyl sites for hydroxylation is 2. The molecule has 0 saturated heterocycles. The summed E-state index contributed by atoms with van der Waals surface area (Å²) in [5.41, 5.74) is 3.23. The second-order valence-corrected chi connectivity index (χ2v) is 6.45. The maximum absolute atomic E-state index is 5.36. The Labute approximate surface area is 159 Å². The van der Waals surface area contributed by atoms with Crippen LogP contribution in [0.1, 0.15) is 5.56 Å². The first-order valence-corrected chi connectivity index (χ1v) is 9.00. The van der Waals surface area contributed by atoms with Crippen molar-refractivity contribution >= 4 is 10.8 Å². The SMILES string of the molecule is COc1cc(OC)cc(-c2ccn(CCc3cccc4ccccc34)n2)c1. The van der Waals surface area contributed by atoms with Crippen LogP contribution in [-0.4, -0.2) is 24.0 Å². The maximum atomic E-state index is 5.36. The predicted molar refractivity (Wildman–Crippen MR) is 108 cm³/mol. The van der Waals surface area contributed by atoms with E-state index >= 15 is 0 Å². The number of fused-ring (bicyclic) bond motifs is 1. The molecule has 1 aromatic heterocycles. The van der Waals surface area contributed by atoms with Crippen molar-refractivity contribution in [1.29, 1.82) is 0 Å². The van der Waals surface area contributed by atoms with E-state index in [1.165, 1.54) is 16.3 Å². The Morgan fingerprint density at radius 3 is 2.37 bits per heavy atom. The van der Waals surface area contributed by atoms with Gasteiger partial charge in [-0.2, -0.15) is 5.10 Å². The molecule has 0 spiro atoms. The summed E-state index contributed by atoms with van der Waals surface area (Å²) in [5.74, 6) is 1.52. The van der Waals surface area contributed by atoms with Crippen molar-refractivity contribution in [3.05, 3.63) is 78.5 Å².